The number of rotatable bonds is 3. The summed E-state index contributed by atoms with van der Waals surface area (Å²) in [6.07, 6.45) is 3.16. The number of nitrogens with two attached hydrogens (primary N) is 1. The highest BCUT2D eigenvalue weighted by atomic mass is 15.4. The van der Waals surface area contributed by atoms with Crippen LogP contribution in [0.4, 0.5) is 0 Å². The van der Waals surface area contributed by atoms with Crippen LogP contribution in [0.2, 0.25) is 0 Å². The summed E-state index contributed by atoms with van der Waals surface area (Å²) in [5.74, 6) is 0. The second-order valence-corrected chi connectivity index (χ2v) is 4.65. The highest BCUT2D eigenvalue weighted by Gasteiger charge is 2.26. The van der Waals surface area contributed by atoms with Crippen LogP contribution in [-0.4, -0.2) is 61.9 Å². The lowest BCUT2D eigenvalue weighted by Gasteiger charge is -2.39. The summed E-state index contributed by atoms with van der Waals surface area (Å²) in [7, 11) is 0. The zero-order valence-corrected chi connectivity index (χ0v) is 9.91. The van der Waals surface area contributed by atoms with Gasteiger partial charge in [0, 0.05) is 39.1 Å². The van der Waals surface area contributed by atoms with E-state index in [0.717, 1.165) is 0 Å². The summed E-state index contributed by atoms with van der Waals surface area (Å²) in [5.41, 5.74) is 0. The van der Waals surface area contributed by atoms with E-state index >= 15 is 0 Å². The van der Waals surface area contributed by atoms with Crippen LogP contribution in [-0.2, 0) is 0 Å². The Kier molecular flexibility index (Phi) is 4.38. The largest absolute Gasteiger partial charge is 0.318 e. The molecule has 0 radical (unpaired) electrons. The van der Waals surface area contributed by atoms with Crippen LogP contribution in [0.3, 0.4) is 0 Å². The maximum absolute atomic E-state index is 3.59. The first kappa shape index (κ1) is 11.3. The van der Waals surface area contributed by atoms with Crippen molar-refractivity contribution in [2.45, 2.75) is 26.1 Å². The Bertz CT molecular complexity index is 171. The number of piperazine rings is 1. The van der Waals surface area contributed by atoms with Gasteiger partial charge in [-0.15, -0.1) is 0 Å². The molecule has 1 atom stereocenters. The molecule has 2 rings (SSSR count). The zero-order chi connectivity index (χ0) is 10.5. The molecular formula is C11H25N4+. The van der Waals surface area contributed by atoms with Crippen LogP contribution in [0.1, 0.15) is 19.8 Å². The van der Waals surface area contributed by atoms with Gasteiger partial charge in [-0.2, -0.15) is 0 Å². The number of nitrogens with zero attached hydrogens (tertiary/aromatic N) is 2. The molecule has 4 heteroatoms. The summed E-state index contributed by atoms with van der Waals surface area (Å²) < 4.78 is 0. The fourth-order valence-corrected chi connectivity index (χ4v) is 2.57. The second kappa shape index (κ2) is 5.80. The van der Waals surface area contributed by atoms with Gasteiger partial charge in [-0.25, -0.2) is 4.90 Å². The molecule has 2 heterocycles. The van der Waals surface area contributed by atoms with Crippen LogP contribution in [0.25, 0.3) is 0 Å². The molecule has 0 spiro atoms. The molecule has 15 heavy (non-hydrogen) atoms. The van der Waals surface area contributed by atoms with Crippen molar-refractivity contribution in [3.63, 3.8) is 0 Å². The topological polar surface area (TPSA) is 35.1 Å². The van der Waals surface area contributed by atoms with E-state index in [9.17, 15) is 0 Å². The number of nitrogens with one attached hydrogen (secondary N) is 1. The normalized spacial score (nSPS) is 30.6. The SMILES string of the molecule is CCCN1CCN(C2NCCC[NH2+]2)CC1. The first-order chi connectivity index (χ1) is 7.40. The average Bonchev–Trinajstić information content (AvgIpc) is 2.32. The Morgan fingerprint density at radius 2 is 2.07 bits per heavy atom. The van der Waals surface area contributed by atoms with Gasteiger partial charge in [0.05, 0.1) is 6.54 Å². The Hall–Kier alpha value is -0.160. The summed E-state index contributed by atoms with van der Waals surface area (Å²) in [6, 6.07) is 0. The van der Waals surface area contributed by atoms with Gasteiger partial charge in [0.25, 0.3) is 0 Å². The molecule has 88 valence electrons. The molecule has 2 saturated heterocycles. The standard InChI is InChI=1S/C11H24N4/c1-2-6-14-7-9-15(10-8-14)11-12-4-3-5-13-11/h11-13H,2-10H2,1H3/p+1. The Labute approximate surface area is 93.0 Å². The molecule has 0 aromatic carbocycles. The molecular weight excluding hydrogens is 188 g/mol. The fraction of sp³-hybridized carbons (Fsp3) is 1.00. The van der Waals surface area contributed by atoms with Crippen LogP contribution in [0.5, 0.6) is 0 Å². The summed E-state index contributed by atoms with van der Waals surface area (Å²) in [4.78, 5) is 5.17. The molecule has 0 aromatic heterocycles. The van der Waals surface area contributed by atoms with Gasteiger partial charge in [-0.1, -0.05) is 6.92 Å². The van der Waals surface area contributed by atoms with Crippen LogP contribution < -0.4 is 10.6 Å². The molecule has 0 amide bonds. The third kappa shape index (κ3) is 3.14. The van der Waals surface area contributed by atoms with Gasteiger partial charge in [0.2, 0.25) is 0 Å². The first-order valence-corrected chi connectivity index (χ1v) is 6.43. The van der Waals surface area contributed by atoms with Gasteiger partial charge >= 0.3 is 0 Å². The second-order valence-electron chi connectivity index (χ2n) is 4.65. The van der Waals surface area contributed by atoms with Crippen molar-refractivity contribution in [1.82, 2.24) is 15.1 Å². The smallest absolute Gasteiger partial charge is 0.199 e. The monoisotopic (exact) mass is 213 g/mol. The summed E-state index contributed by atoms with van der Waals surface area (Å²) in [6.45, 7) is 11.0. The average molecular weight is 213 g/mol. The van der Waals surface area contributed by atoms with Gasteiger partial charge in [0.15, 0.2) is 6.29 Å². The Balaban J connectivity index is 1.72. The van der Waals surface area contributed by atoms with Crippen molar-refractivity contribution in [1.29, 1.82) is 0 Å². The minimum absolute atomic E-state index is 0.558. The van der Waals surface area contributed by atoms with E-state index in [1.165, 1.54) is 58.7 Å². The van der Waals surface area contributed by atoms with Gasteiger partial charge < -0.3 is 10.2 Å². The van der Waals surface area contributed by atoms with E-state index in [1.54, 1.807) is 0 Å². The van der Waals surface area contributed by atoms with Gasteiger partial charge in [-0.3, -0.25) is 5.32 Å². The molecule has 4 nitrogen and oxygen atoms in total. The van der Waals surface area contributed by atoms with Crippen molar-refractivity contribution >= 4 is 0 Å². The molecule has 0 saturated carbocycles. The number of hydrogen-bond donors (Lipinski definition) is 2. The summed E-state index contributed by atoms with van der Waals surface area (Å²) in [5, 5.41) is 6.03. The zero-order valence-electron chi connectivity index (χ0n) is 9.91. The van der Waals surface area contributed by atoms with Crippen molar-refractivity contribution in [2.75, 3.05) is 45.8 Å². The molecule has 2 aliphatic heterocycles. The summed E-state index contributed by atoms with van der Waals surface area (Å²) >= 11 is 0. The number of hydrogen-bond acceptors (Lipinski definition) is 3. The van der Waals surface area contributed by atoms with Crippen molar-refractivity contribution < 1.29 is 5.32 Å². The third-order valence-electron chi connectivity index (χ3n) is 3.46. The fourth-order valence-electron chi connectivity index (χ4n) is 2.57. The van der Waals surface area contributed by atoms with E-state index < -0.39 is 0 Å². The predicted octanol–water partition coefficient (Wildman–Crippen LogP) is -1.15. The molecule has 2 aliphatic rings. The Morgan fingerprint density at radius 3 is 2.67 bits per heavy atom. The van der Waals surface area contributed by atoms with E-state index in [2.05, 4.69) is 27.4 Å². The van der Waals surface area contributed by atoms with E-state index in [-0.39, 0.29) is 0 Å². The van der Waals surface area contributed by atoms with E-state index in [1.807, 2.05) is 0 Å². The van der Waals surface area contributed by atoms with E-state index in [4.69, 9.17) is 0 Å². The highest BCUT2D eigenvalue weighted by Crippen LogP contribution is 2.03. The minimum atomic E-state index is 0.558. The minimum Gasteiger partial charge on any atom is -0.318 e. The van der Waals surface area contributed by atoms with Crippen LogP contribution >= 0.6 is 0 Å². The third-order valence-corrected chi connectivity index (χ3v) is 3.46. The lowest BCUT2D eigenvalue weighted by atomic mass is 10.2. The van der Waals surface area contributed by atoms with Crippen LogP contribution in [0, 0.1) is 0 Å². The van der Waals surface area contributed by atoms with Crippen LogP contribution in [0.15, 0.2) is 0 Å². The van der Waals surface area contributed by atoms with Gasteiger partial charge in [-0.05, 0) is 13.0 Å². The number of quaternary nitrogens is 1. The van der Waals surface area contributed by atoms with Crippen molar-refractivity contribution in [2.24, 2.45) is 0 Å². The predicted molar refractivity (Wildman–Crippen MR) is 61.5 cm³/mol. The molecule has 0 bridgehead atoms. The lowest BCUT2D eigenvalue weighted by Crippen LogP contribution is -2.99. The molecule has 3 N–H and O–H groups in total. The maximum atomic E-state index is 3.59. The molecule has 0 aromatic rings. The quantitative estimate of drug-likeness (QED) is 0.622. The molecule has 0 aliphatic carbocycles. The maximum Gasteiger partial charge on any atom is 0.199 e. The first-order valence-electron chi connectivity index (χ1n) is 6.43. The van der Waals surface area contributed by atoms with Crippen molar-refractivity contribution in [3.8, 4) is 0 Å². The molecule has 1 unspecified atom stereocenters. The van der Waals surface area contributed by atoms with E-state index in [0.29, 0.717) is 6.29 Å². The van der Waals surface area contributed by atoms with Gasteiger partial charge in [0.1, 0.15) is 0 Å². The Morgan fingerprint density at radius 1 is 1.27 bits per heavy atom. The molecule has 2 fully saturated rings. The van der Waals surface area contributed by atoms with Crippen molar-refractivity contribution in [3.05, 3.63) is 0 Å². The lowest BCUT2D eigenvalue weighted by molar-refractivity contribution is -0.722. The highest BCUT2D eigenvalue weighted by molar-refractivity contribution is 4.73.